The lowest BCUT2D eigenvalue weighted by atomic mass is 10.2. The summed E-state index contributed by atoms with van der Waals surface area (Å²) in [4.78, 5) is 20.7. The molecule has 0 aliphatic rings. The Morgan fingerprint density at radius 1 is 1.24 bits per heavy atom. The van der Waals surface area contributed by atoms with Crippen LogP contribution in [0.25, 0.3) is 0 Å². The Balaban J connectivity index is 2.48. The fourth-order valence-electron chi connectivity index (χ4n) is 1.51. The summed E-state index contributed by atoms with van der Waals surface area (Å²) >= 11 is 5.85. The molecule has 86 valence electrons. The molecule has 1 aromatic carbocycles. The number of aldehydes is 1. The minimum atomic E-state index is 0.160. The Bertz CT molecular complexity index is 531. The van der Waals surface area contributed by atoms with Crippen molar-refractivity contribution < 1.29 is 4.79 Å². The maximum atomic E-state index is 11.0. The summed E-state index contributed by atoms with van der Waals surface area (Å²) in [5.41, 5.74) is 1.21. The van der Waals surface area contributed by atoms with Crippen molar-refractivity contribution in [1.29, 1.82) is 0 Å². The number of carbonyl (C=O) groups is 1. The van der Waals surface area contributed by atoms with Crippen molar-refractivity contribution in [1.82, 2.24) is 9.97 Å². The van der Waals surface area contributed by atoms with Gasteiger partial charge < -0.3 is 4.90 Å². The number of nitrogens with zero attached hydrogens (tertiary/aromatic N) is 3. The van der Waals surface area contributed by atoms with Crippen LogP contribution in [0.15, 0.2) is 36.7 Å². The van der Waals surface area contributed by atoms with Crippen molar-refractivity contribution in [3.8, 4) is 0 Å². The van der Waals surface area contributed by atoms with Crippen LogP contribution >= 0.6 is 11.6 Å². The van der Waals surface area contributed by atoms with E-state index in [2.05, 4.69) is 9.97 Å². The lowest BCUT2D eigenvalue weighted by Gasteiger charge is -2.19. The van der Waals surface area contributed by atoms with Crippen LogP contribution in [-0.2, 0) is 0 Å². The molecule has 0 saturated heterocycles. The van der Waals surface area contributed by atoms with Gasteiger partial charge in [0.15, 0.2) is 6.29 Å². The summed E-state index contributed by atoms with van der Waals surface area (Å²) in [5.74, 6) is 0.492. The summed E-state index contributed by atoms with van der Waals surface area (Å²) in [7, 11) is 1.82. The van der Waals surface area contributed by atoms with Gasteiger partial charge in [-0.05, 0) is 12.1 Å². The van der Waals surface area contributed by atoms with Gasteiger partial charge in [0.2, 0.25) is 0 Å². The molecule has 5 heteroatoms. The van der Waals surface area contributed by atoms with Crippen molar-refractivity contribution in [2.24, 2.45) is 0 Å². The molecule has 4 nitrogen and oxygen atoms in total. The van der Waals surface area contributed by atoms with E-state index in [0.717, 1.165) is 5.69 Å². The van der Waals surface area contributed by atoms with Crippen molar-refractivity contribution in [3.63, 3.8) is 0 Å². The Kier molecular flexibility index (Phi) is 3.35. The topological polar surface area (TPSA) is 46.1 Å². The van der Waals surface area contributed by atoms with Gasteiger partial charge in [0.05, 0.1) is 5.56 Å². The second-order valence-electron chi connectivity index (χ2n) is 3.41. The lowest BCUT2D eigenvalue weighted by molar-refractivity contribution is 0.112. The van der Waals surface area contributed by atoms with Crippen LogP contribution in [0.5, 0.6) is 0 Å². The number of rotatable bonds is 3. The van der Waals surface area contributed by atoms with E-state index in [1.807, 2.05) is 37.4 Å². The number of para-hydroxylation sites is 1. The van der Waals surface area contributed by atoms with E-state index in [-0.39, 0.29) is 5.15 Å². The van der Waals surface area contributed by atoms with Gasteiger partial charge in [-0.15, -0.1) is 0 Å². The molecular weight excluding hydrogens is 238 g/mol. The molecule has 1 aromatic heterocycles. The Morgan fingerprint density at radius 2 is 1.94 bits per heavy atom. The molecule has 0 spiro atoms. The second-order valence-corrected chi connectivity index (χ2v) is 3.77. The minimum absolute atomic E-state index is 0.160. The molecule has 0 saturated carbocycles. The summed E-state index contributed by atoms with van der Waals surface area (Å²) in [6.07, 6.45) is 2.00. The van der Waals surface area contributed by atoms with Crippen LogP contribution in [0.4, 0.5) is 11.5 Å². The first-order valence-corrected chi connectivity index (χ1v) is 5.36. The van der Waals surface area contributed by atoms with Gasteiger partial charge in [-0.25, -0.2) is 9.97 Å². The highest BCUT2D eigenvalue weighted by Gasteiger charge is 2.13. The number of benzene rings is 1. The number of carbonyl (C=O) groups excluding carboxylic acids is 1. The van der Waals surface area contributed by atoms with Crippen molar-refractivity contribution in [3.05, 3.63) is 47.4 Å². The average molecular weight is 248 g/mol. The van der Waals surface area contributed by atoms with E-state index >= 15 is 0 Å². The van der Waals surface area contributed by atoms with Gasteiger partial charge in [-0.3, -0.25) is 4.79 Å². The van der Waals surface area contributed by atoms with Crippen molar-refractivity contribution >= 4 is 29.4 Å². The Hall–Kier alpha value is -1.94. The zero-order valence-electron chi connectivity index (χ0n) is 9.17. The standard InChI is InChI=1S/C12H10ClN3O/c1-16(9-5-3-2-4-6-9)12-10(7-17)11(13)14-8-15-12/h2-8H,1H3. The highest BCUT2D eigenvalue weighted by Crippen LogP contribution is 2.26. The molecule has 0 fully saturated rings. The summed E-state index contributed by atoms with van der Waals surface area (Å²) in [6.45, 7) is 0. The number of aromatic nitrogens is 2. The van der Waals surface area contributed by atoms with Gasteiger partial charge in [-0.2, -0.15) is 0 Å². The fraction of sp³-hybridized carbons (Fsp3) is 0.0833. The van der Waals surface area contributed by atoms with Gasteiger partial charge in [0.1, 0.15) is 17.3 Å². The molecule has 0 N–H and O–H groups in total. The summed E-state index contributed by atoms with van der Waals surface area (Å²) in [5, 5.41) is 0.160. The van der Waals surface area contributed by atoms with Crippen LogP contribution in [0.2, 0.25) is 5.15 Å². The Labute approximate surface area is 104 Å². The highest BCUT2D eigenvalue weighted by atomic mass is 35.5. The fourth-order valence-corrected chi connectivity index (χ4v) is 1.68. The zero-order valence-corrected chi connectivity index (χ0v) is 9.93. The predicted octanol–water partition coefficient (Wildman–Crippen LogP) is 2.71. The quantitative estimate of drug-likeness (QED) is 0.618. The maximum absolute atomic E-state index is 11.0. The normalized spacial score (nSPS) is 10.0. The summed E-state index contributed by atoms with van der Waals surface area (Å²) in [6, 6.07) is 9.59. The monoisotopic (exact) mass is 247 g/mol. The third-order valence-electron chi connectivity index (χ3n) is 2.39. The molecule has 17 heavy (non-hydrogen) atoms. The van der Waals surface area contributed by atoms with Gasteiger partial charge in [0, 0.05) is 12.7 Å². The number of hydrogen-bond donors (Lipinski definition) is 0. The minimum Gasteiger partial charge on any atom is -0.329 e. The molecule has 0 atom stereocenters. The number of hydrogen-bond acceptors (Lipinski definition) is 4. The molecular formula is C12H10ClN3O. The lowest BCUT2D eigenvalue weighted by Crippen LogP contribution is -2.14. The third-order valence-corrected chi connectivity index (χ3v) is 2.69. The van der Waals surface area contributed by atoms with Gasteiger partial charge in [-0.1, -0.05) is 29.8 Å². The van der Waals surface area contributed by atoms with Crippen molar-refractivity contribution in [2.45, 2.75) is 0 Å². The molecule has 0 bridgehead atoms. The molecule has 0 aliphatic carbocycles. The van der Waals surface area contributed by atoms with Crippen molar-refractivity contribution in [2.75, 3.05) is 11.9 Å². The Morgan fingerprint density at radius 3 is 2.59 bits per heavy atom. The van der Waals surface area contributed by atoms with E-state index in [9.17, 15) is 4.79 Å². The van der Waals surface area contributed by atoms with Crippen LogP contribution < -0.4 is 4.90 Å². The number of anilines is 2. The first-order valence-electron chi connectivity index (χ1n) is 4.98. The molecule has 2 aromatic rings. The van der Waals surface area contributed by atoms with E-state index in [1.165, 1.54) is 6.33 Å². The first kappa shape index (κ1) is 11.5. The van der Waals surface area contributed by atoms with Crippen LogP contribution in [0.3, 0.4) is 0 Å². The van der Waals surface area contributed by atoms with E-state index < -0.39 is 0 Å². The second kappa shape index (κ2) is 4.93. The zero-order chi connectivity index (χ0) is 12.3. The molecule has 0 unspecified atom stereocenters. The largest absolute Gasteiger partial charge is 0.329 e. The van der Waals surface area contributed by atoms with E-state index in [0.29, 0.717) is 17.7 Å². The van der Waals surface area contributed by atoms with Crippen LogP contribution in [0, 0.1) is 0 Å². The molecule has 0 radical (unpaired) electrons. The smallest absolute Gasteiger partial charge is 0.156 e. The van der Waals surface area contributed by atoms with Crippen LogP contribution in [-0.4, -0.2) is 23.3 Å². The maximum Gasteiger partial charge on any atom is 0.156 e. The van der Waals surface area contributed by atoms with Gasteiger partial charge in [0.25, 0.3) is 0 Å². The average Bonchev–Trinajstić information content (AvgIpc) is 2.38. The predicted molar refractivity (Wildman–Crippen MR) is 66.9 cm³/mol. The number of halogens is 1. The SMILES string of the molecule is CN(c1ccccc1)c1ncnc(Cl)c1C=O. The van der Waals surface area contributed by atoms with E-state index in [1.54, 1.807) is 4.90 Å². The molecule has 1 heterocycles. The highest BCUT2D eigenvalue weighted by molar-refractivity contribution is 6.32. The van der Waals surface area contributed by atoms with Crippen LogP contribution in [0.1, 0.15) is 10.4 Å². The van der Waals surface area contributed by atoms with E-state index in [4.69, 9.17) is 11.6 Å². The molecule has 0 aliphatic heterocycles. The molecule has 2 rings (SSSR count). The molecule has 0 amide bonds. The first-order chi connectivity index (χ1) is 8.24. The van der Waals surface area contributed by atoms with Gasteiger partial charge >= 0.3 is 0 Å². The summed E-state index contributed by atoms with van der Waals surface area (Å²) < 4.78 is 0. The third kappa shape index (κ3) is 2.26.